The van der Waals surface area contributed by atoms with Crippen molar-refractivity contribution in [2.45, 2.75) is 31.3 Å². The molecule has 29 heavy (non-hydrogen) atoms. The number of halogens is 1. The van der Waals surface area contributed by atoms with Crippen molar-refractivity contribution < 1.29 is 13.5 Å². The first-order valence-corrected chi connectivity index (χ1v) is 11.9. The molecule has 0 saturated heterocycles. The van der Waals surface area contributed by atoms with E-state index in [1.54, 1.807) is 23.5 Å². The van der Waals surface area contributed by atoms with Gasteiger partial charge in [0.25, 0.3) is 0 Å². The van der Waals surface area contributed by atoms with E-state index in [4.69, 9.17) is 11.6 Å². The second-order valence-corrected chi connectivity index (χ2v) is 10.7. The maximum absolute atomic E-state index is 12.4. The molecule has 0 amide bonds. The van der Waals surface area contributed by atoms with E-state index in [1.807, 2.05) is 50.2 Å². The van der Waals surface area contributed by atoms with Crippen LogP contribution in [-0.2, 0) is 10.0 Å². The summed E-state index contributed by atoms with van der Waals surface area (Å²) in [5, 5.41) is 11.3. The van der Waals surface area contributed by atoms with Crippen molar-refractivity contribution in [3.8, 4) is 21.6 Å². The van der Waals surface area contributed by atoms with Gasteiger partial charge in [-0.05, 0) is 54.3 Å². The predicted molar refractivity (Wildman–Crippen MR) is 121 cm³/mol. The van der Waals surface area contributed by atoms with Crippen molar-refractivity contribution in [2.75, 3.05) is 14.1 Å². The quantitative estimate of drug-likeness (QED) is 0.522. The van der Waals surface area contributed by atoms with Gasteiger partial charge in [0.15, 0.2) is 0 Å². The number of hydrogen-bond donors (Lipinski definition) is 1. The van der Waals surface area contributed by atoms with Crippen LogP contribution in [0.15, 0.2) is 53.4 Å². The molecule has 0 bridgehead atoms. The van der Waals surface area contributed by atoms with Crippen LogP contribution >= 0.6 is 22.9 Å². The van der Waals surface area contributed by atoms with E-state index >= 15 is 0 Å². The molecule has 1 aromatic heterocycles. The van der Waals surface area contributed by atoms with Crippen LogP contribution in [0.3, 0.4) is 0 Å². The maximum atomic E-state index is 12.4. The number of rotatable bonds is 6. The second-order valence-electron chi connectivity index (χ2n) is 7.04. The minimum Gasteiger partial charge on any atom is -0.388 e. The second kappa shape index (κ2) is 8.58. The highest BCUT2D eigenvalue weighted by Crippen LogP contribution is 2.45. The largest absolute Gasteiger partial charge is 0.388 e. The Morgan fingerprint density at radius 3 is 2.10 bits per heavy atom. The first-order chi connectivity index (χ1) is 13.7. The molecule has 7 heteroatoms. The molecule has 0 fully saturated rings. The third kappa shape index (κ3) is 4.27. The number of benzene rings is 2. The lowest BCUT2D eigenvalue weighted by molar-refractivity contribution is 0.178. The number of aliphatic hydroxyl groups is 1. The van der Waals surface area contributed by atoms with Crippen molar-refractivity contribution >= 4 is 33.0 Å². The Morgan fingerprint density at radius 2 is 1.59 bits per heavy atom. The van der Waals surface area contributed by atoms with E-state index in [-0.39, 0.29) is 4.90 Å². The van der Waals surface area contributed by atoms with Crippen LogP contribution in [0.2, 0.25) is 5.02 Å². The van der Waals surface area contributed by atoms with Crippen LogP contribution < -0.4 is 0 Å². The van der Waals surface area contributed by atoms with Gasteiger partial charge >= 0.3 is 0 Å². The average Bonchev–Trinajstić information content (AvgIpc) is 3.05. The summed E-state index contributed by atoms with van der Waals surface area (Å²) in [7, 11) is -0.456. The van der Waals surface area contributed by atoms with Crippen molar-refractivity contribution in [2.24, 2.45) is 0 Å². The highest BCUT2D eigenvalue weighted by Gasteiger charge is 2.23. The first-order valence-electron chi connectivity index (χ1n) is 9.27. The van der Waals surface area contributed by atoms with Gasteiger partial charge in [-0.25, -0.2) is 12.7 Å². The van der Waals surface area contributed by atoms with Crippen molar-refractivity contribution in [1.82, 2.24) is 4.31 Å². The zero-order valence-corrected chi connectivity index (χ0v) is 19.2. The van der Waals surface area contributed by atoms with Crippen LogP contribution in [0, 0.1) is 6.92 Å². The zero-order chi connectivity index (χ0) is 21.3. The molecule has 3 rings (SSSR count). The van der Waals surface area contributed by atoms with Crippen LogP contribution in [0.1, 0.15) is 29.9 Å². The smallest absolute Gasteiger partial charge is 0.242 e. The first kappa shape index (κ1) is 22.0. The van der Waals surface area contributed by atoms with E-state index in [1.165, 1.54) is 18.4 Å². The van der Waals surface area contributed by atoms with Gasteiger partial charge in [0.2, 0.25) is 10.0 Å². The van der Waals surface area contributed by atoms with Gasteiger partial charge < -0.3 is 5.11 Å². The maximum Gasteiger partial charge on any atom is 0.242 e. The predicted octanol–water partition coefficient (Wildman–Crippen LogP) is 5.74. The van der Waals surface area contributed by atoms with Gasteiger partial charge in [0, 0.05) is 34.4 Å². The van der Waals surface area contributed by atoms with E-state index in [9.17, 15) is 13.5 Å². The summed E-state index contributed by atoms with van der Waals surface area (Å²) < 4.78 is 25.9. The summed E-state index contributed by atoms with van der Waals surface area (Å²) in [4.78, 5) is 2.21. The molecule has 0 radical (unpaired) electrons. The highest BCUT2D eigenvalue weighted by molar-refractivity contribution is 7.89. The minimum absolute atomic E-state index is 0.245. The fraction of sp³-hybridized carbons (Fsp3) is 0.273. The topological polar surface area (TPSA) is 57.6 Å². The summed E-state index contributed by atoms with van der Waals surface area (Å²) in [5.74, 6) is 0. The fourth-order valence-electron chi connectivity index (χ4n) is 3.20. The van der Waals surface area contributed by atoms with Gasteiger partial charge in [0.05, 0.1) is 11.0 Å². The molecule has 1 atom stereocenters. The van der Waals surface area contributed by atoms with E-state index in [0.29, 0.717) is 11.4 Å². The average molecular weight is 450 g/mol. The van der Waals surface area contributed by atoms with E-state index in [0.717, 1.165) is 32.0 Å². The van der Waals surface area contributed by atoms with Crippen LogP contribution in [0.5, 0.6) is 0 Å². The molecule has 0 aliphatic carbocycles. The van der Waals surface area contributed by atoms with E-state index < -0.39 is 16.1 Å². The lowest BCUT2D eigenvalue weighted by atomic mass is 9.97. The van der Waals surface area contributed by atoms with Gasteiger partial charge in [-0.3, -0.25) is 0 Å². The third-order valence-corrected chi connectivity index (χ3v) is 8.41. The molecule has 154 valence electrons. The van der Waals surface area contributed by atoms with E-state index in [2.05, 4.69) is 0 Å². The molecule has 0 saturated carbocycles. The third-order valence-electron chi connectivity index (χ3n) is 4.89. The Balaban J connectivity index is 2.14. The Hall–Kier alpha value is -1.70. The number of sulfonamides is 1. The Labute approximate surface area is 181 Å². The lowest BCUT2D eigenvalue weighted by Crippen LogP contribution is -2.22. The summed E-state index contributed by atoms with van der Waals surface area (Å²) in [6.07, 6.45) is 0.0139. The summed E-state index contributed by atoms with van der Waals surface area (Å²) >= 11 is 7.60. The van der Waals surface area contributed by atoms with Gasteiger partial charge in [-0.15, -0.1) is 11.3 Å². The summed E-state index contributed by atoms with van der Waals surface area (Å²) in [6.45, 7) is 3.98. The van der Waals surface area contributed by atoms with Gasteiger partial charge in [-0.2, -0.15) is 0 Å². The minimum atomic E-state index is -3.48. The number of hydrogen-bond acceptors (Lipinski definition) is 4. The molecule has 0 spiro atoms. The normalized spacial score (nSPS) is 13.1. The van der Waals surface area contributed by atoms with Crippen molar-refractivity contribution in [3.63, 3.8) is 0 Å². The van der Waals surface area contributed by atoms with Gasteiger partial charge in [0.1, 0.15) is 0 Å². The van der Waals surface area contributed by atoms with Crippen molar-refractivity contribution in [3.05, 3.63) is 64.0 Å². The molecular weight excluding hydrogens is 426 g/mol. The van der Waals surface area contributed by atoms with Crippen molar-refractivity contribution in [1.29, 1.82) is 0 Å². The molecule has 0 aliphatic rings. The summed E-state index contributed by atoms with van der Waals surface area (Å²) in [6, 6.07) is 14.5. The molecule has 3 aromatic rings. The fourth-order valence-corrected chi connectivity index (χ4v) is 5.63. The Bertz CT molecular complexity index is 1100. The summed E-state index contributed by atoms with van der Waals surface area (Å²) in [5.41, 5.74) is 3.95. The monoisotopic (exact) mass is 449 g/mol. The molecule has 0 aliphatic heterocycles. The van der Waals surface area contributed by atoms with Crippen LogP contribution in [-0.4, -0.2) is 31.9 Å². The molecular formula is C22H24ClNO3S2. The standard InChI is InChI=1S/C22H24ClNO3S2/c1-5-19(25)22-20(14(2)21(28-22)16-6-10-17(23)11-7-16)15-8-12-18(13-9-15)29(26,27)24(3)4/h6-13,19,25H,5H2,1-4H3. The molecule has 1 N–H and O–H groups in total. The number of aliphatic hydroxyl groups excluding tert-OH is 1. The SMILES string of the molecule is CCC(O)c1sc(-c2ccc(Cl)cc2)c(C)c1-c1ccc(S(=O)(=O)N(C)C)cc1. The Morgan fingerprint density at radius 1 is 1.03 bits per heavy atom. The highest BCUT2D eigenvalue weighted by atomic mass is 35.5. The van der Waals surface area contributed by atoms with Crippen LogP contribution in [0.4, 0.5) is 0 Å². The van der Waals surface area contributed by atoms with Gasteiger partial charge in [-0.1, -0.05) is 42.8 Å². The number of nitrogens with zero attached hydrogens (tertiary/aromatic N) is 1. The molecule has 1 heterocycles. The molecule has 4 nitrogen and oxygen atoms in total. The number of thiophene rings is 1. The Kier molecular flexibility index (Phi) is 6.51. The zero-order valence-electron chi connectivity index (χ0n) is 16.8. The molecule has 1 unspecified atom stereocenters. The van der Waals surface area contributed by atoms with Crippen LogP contribution in [0.25, 0.3) is 21.6 Å². The molecule has 2 aromatic carbocycles. The lowest BCUT2D eigenvalue weighted by Gasteiger charge is -2.13.